The van der Waals surface area contributed by atoms with Crippen LogP contribution in [0.4, 0.5) is 5.69 Å². The van der Waals surface area contributed by atoms with Crippen LogP contribution in [0.2, 0.25) is 0 Å². The van der Waals surface area contributed by atoms with Crippen molar-refractivity contribution in [2.45, 2.75) is 23.8 Å². The number of hydrogen-bond acceptors (Lipinski definition) is 8. The molecule has 2 N–H and O–H groups in total. The van der Waals surface area contributed by atoms with Crippen LogP contribution in [-0.4, -0.2) is 65.0 Å². The zero-order valence-electron chi connectivity index (χ0n) is 22.2. The first-order valence-corrected chi connectivity index (χ1v) is 13.8. The van der Waals surface area contributed by atoms with E-state index in [4.69, 9.17) is 19.3 Å². The number of ether oxygens (including phenoxy) is 3. The second-order valence-electron chi connectivity index (χ2n) is 8.99. The van der Waals surface area contributed by atoms with Gasteiger partial charge in [-0.2, -0.15) is 0 Å². The molecule has 3 aromatic carbocycles. The predicted octanol–water partition coefficient (Wildman–Crippen LogP) is 2.38. The number of carbonyl (C=O) groups is 3. The number of anilines is 1. The lowest BCUT2D eigenvalue weighted by atomic mass is 10.1. The fraction of sp³-hybridized carbons (Fsp3) is 0.250. The molecule has 0 aromatic heterocycles. The van der Waals surface area contributed by atoms with Gasteiger partial charge in [0.1, 0.15) is 11.8 Å². The maximum atomic E-state index is 13.8. The molecular weight excluding hydrogens is 538 g/mol. The highest BCUT2D eigenvalue weighted by Gasteiger charge is 2.44. The quantitative estimate of drug-likeness (QED) is 0.368. The van der Waals surface area contributed by atoms with Gasteiger partial charge < -0.3 is 19.1 Å². The van der Waals surface area contributed by atoms with Crippen molar-refractivity contribution in [2.24, 2.45) is 5.14 Å². The van der Waals surface area contributed by atoms with Crippen LogP contribution in [0.15, 0.2) is 71.6 Å². The van der Waals surface area contributed by atoms with Crippen molar-refractivity contribution in [1.29, 1.82) is 0 Å². The van der Waals surface area contributed by atoms with Crippen LogP contribution in [0, 0.1) is 0 Å². The molecule has 11 nitrogen and oxygen atoms in total. The van der Waals surface area contributed by atoms with Gasteiger partial charge in [0.05, 0.1) is 38.3 Å². The third-order valence-electron chi connectivity index (χ3n) is 6.61. The number of nitrogens with two attached hydrogens (primary N) is 1. The van der Waals surface area contributed by atoms with E-state index in [1.807, 2.05) is 0 Å². The Morgan fingerprint density at radius 3 is 2.15 bits per heavy atom. The normalized spacial score (nSPS) is 15.2. The molecule has 40 heavy (non-hydrogen) atoms. The number of hydrogen-bond donors (Lipinski definition) is 1. The van der Waals surface area contributed by atoms with Crippen molar-refractivity contribution in [2.75, 3.05) is 32.8 Å². The van der Waals surface area contributed by atoms with E-state index in [0.29, 0.717) is 28.5 Å². The highest BCUT2D eigenvalue weighted by Crippen LogP contribution is 2.31. The second-order valence-corrected chi connectivity index (χ2v) is 10.6. The van der Waals surface area contributed by atoms with E-state index < -0.39 is 33.8 Å². The number of imide groups is 1. The summed E-state index contributed by atoms with van der Waals surface area (Å²) < 4.78 is 39.0. The Morgan fingerprint density at radius 2 is 1.57 bits per heavy atom. The average molecular weight is 568 g/mol. The summed E-state index contributed by atoms with van der Waals surface area (Å²) >= 11 is 0. The summed E-state index contributed by atoms with van der Waals surface area (Å²) in [6.07, 6.45) is 0.0820. The standard InChI is InChI=1S/C28H29N3O8S/c1-37-21-9-7-20(8-10-21)31-26(32)17-23(28(31)34)30(15-14-18-4-11-22(12-5-18)40(29,35)36)27(33)19-6-13-24(38-2)25(16-19)39-3/h4-13,16,23H,14-15,17H2,1-3H3,(H2,29,35,36). The number of methoxy groups -OCH3 is 3. The molecular formula is C28H29N3O8S. The molecule has 3 amide bonds. The lowest BCUT2D eigenvalue weighted by molar-refractivity contribution is -0.122. The van der Waals surface area contributed by atoms with Gasteiger partial charge in [0.15, 0.2) is 11.5 Å². The van der Waals surface area contributed by atoms with Crippen molar-refractivity contribution in [1.82, 2.24) is 4.90 Å². The van der Waals surface area contributed by atoms with Crippen molar-refractivity contribution in [3.63, 3.8) is 0 Å². The zero-order valence-corrected chi connectivity index (χ0v) is 23.0. The largest absolute Gasteiger partial charge is 0.497 e. The van der Waals surface area contributed by atoms with E-state index in [0.717, 1.165) is 4.90 Å². The van der Waals surface area contributed by atoms with Crippen LogP contribution in [0.1, 0.15) is 22.3 Å². The molecule has 1 aliphatic rings. The lowest BCUT2D eigenvalue weighted by Crippen LogP contribution is -2.46. The van der Waals surface area contributed by atoms with Crippen LogP contribution in [0.5, 0.6) is 17.2 Å². The SMILES string of the molecule is COc1ccc(N2C(=O)CC(N(CCc3ccc(S(N)(=O)=O)cc3)C(=O)c3ccc(OC)c(OC)c3)C2=O)cc1. The number of nitrogens with zero attached hydrogens (tertiary/aromatic N) is 2. The van der Waals surface area contributed by atoms with Crippen LogP contribution in [-0.2, 0) is 26.0 Å². The minimum atomic E-state index is -3.86. The van der Waals surface area contributed by atoms with Gasteiger partial charge in [0.25, 0.3) is 11.8 Å². The minimum absolute atomic E-state index is 0.0405. The summed E-state index contributed by atoms with van der Waals surface area (Å²) in [7, 11) is 0.574. The number of sulfonamides is 1. The van der Waals surface area contributed by atoms with Crippen LogP contribution < -0.4 is 24.2 Å². The van der Waals surface area contributed by atoms with Gasteiger partial charge in [-0.05, 0) is 66.6 Å². The summed E-state index contributed by atoms with van der Waals surface area (Å²) in [5.74, 6) is -0.127. The van der Waals surface area contributed by atoms with Gasteiger partial charge in [-0.1, -0.05) is 12.1 Å². The molecule has 1 fully saturated rings. The molecule has 4 rings (SSSR count). The summed E-state index contributed by atoms with van der Waals surface area (Å²) in [6, 6.07) is 16.0. The van der Waals surface area contributed by atoms with E-state index in [9.17, 15) is 22.8 Å². The lowest BCUT2D eigenvalue weighted by Gasteiger charge is -2.28. The summed E-state index contributed by atoms with van der Waals surface area (Å²) in [5.41, 5.74) is 1.32. The molecule has 0 aliphatic carbocycles. The molecule has 1 heterocycles. The van der Waals surface area contributed by atoms with E-state index >= 15 is 0 Å². The molecule has 0 bridgehead atoms. The van der Waals surface area contributed by atoms with E-state index in [2.05, 4.69) is 0 Å². The minimum Gasteiger partial charge on any atom is -0.497 e. The smallest absolute Gasteiger partial charge is 0.257 e. The van der Waals surface area contributed by atoms with Gasteiger partial charge in [0, 0.05) is 12.1 Å². The fourth-order valence-electron chi connectivity index (χ4n) is 4.49. The Hall–Kier alpha value is -4.42. The molecule has 12 heteroatoms. The molecule has 0 radical (unpaired) electrons. The maximum Gasteiger partial charge on any atom is 0.257 e. The number of amides is 3. The molecule has 0 spiro atoms. The number of benzene rings is 3. The van der Waals surface area contributed by atoms with Crippen molar-refractivity contribution in [3.8, 4) is 17.2 Å². The van der Waals surface area contributed by atoms with Crippen LogP contribution in [0.25, 0.3) is 0 Å². The Kier molecular flexibility index (Phi) is 8.40. The third-order valence-corrected chi connectivity index (χ3v) is 7.54. The van der Waals surface area contributed by atoms with Gasteiger partial charge in [0.2, 0.25) is 15.9 Å². The van der Waals surface area contributed by atoms with Crippen molar-refractivity contribution >= 4 is 33.4 Å². The number of carbonyl (C=O) groups excluding carboxylic acids is 3. The first-order chi connectivity index (χ1) is 19.1. The maximum absolute atomic E-state index is 13.8. The average Bonchev–Trinajstić information content (AvgIpc) is 3.25. The molecule has 1 unspecified atom stereocenters. The zero-order chi connectivity index (χ0) is 29.0. The Labute approximate surface area is 232 Å². The van der Waals surface area contributed by atoms with E-state index in [1.54, 1.807) is 48.5 Å². The highest BCUT2D eigenvalue weighted by molar-refractivity contribution is 7.89. The summed E-state index contributed by atoms with van der Waals surface area (Å²) in [5, 5.41) is 5.18. The third kappa shape index (κ3) is 5.92. The monoisotopic (exact) mass is 567 g/mol. The van der Waals surface area contributed by atoms with Crippen LogP contribution >= 0.6 is 0 Å². The van der Waals surface area contributed by atoms with E-state index in [1.165, 1.54) is 44.4 Å². The van der Waals surface area contributed by atoms with Gasteiger partial charge in [-0.3, -0.25) is 14.4 Å². The Morgan fingerprint density at radius 1 is 0.925 bits per heavy atom. The van der Waals surface area contributed by atoms with Gasteiger partial charge in [-0.25, -0.2) is 18.5 Å². The topological polar surface area (TPSA) is 146 Å². The molecule has 210 valence electrons. The molecule has 3 aromatic rings. The number of rotatable bonds is 10. The van der Waals surface area contributed by atoms with E-state index in [-0.39, 0.29) is 29.8 Å². The van der Waals surface area contributed by atoms with Crippen LogP contribution in [0.3, 0.4) is 0 Å². The predicted molar refractivity (Wildman–Crippen MR) is 146 cm³/mol. The first kappa shape index (κ1) is 28.6. The van der Waals surface area contributed by atoms with Gasteiger partial charge >= 0.3 is 0 Å². The first-order valence-electron chi connectivity index (χ1n) is 12.2. The molecule has 1 saturated heterocycles. The molecule has 1 atom stereocenters. The Bertz CT molecular complexity index is 1520. The van der Waals surface area contributed by atoms with Gasteiger partial charge in [-0.15, -0.1) is 0 Å². The summed E-state index contributed by atoms with van der Waals surface area (Å²) in [4.78, 5) is 42.8. The summed E-state index contributed by atoms with van der Waals surface area (Å²) in [6.45, 7) is 0.0715. The second kappa shape index (κ2) is 11.8. The Balaban J connectivity index is 1.65. The molecule has 0 saturated carbocycles. The highest BCUT2D eigenvalue weighted by atomic mass is 32.2. The van der Waals surface area contributed by atoms with Crippen molar-refractivity contribution in [3.05, 3.63) is 77.9 Å². The van der Waals surface area contributed by atoms with Crippen molar-refractivity contribution < 1.29 is 37.0 Å². The molecule has 1 aliphatic heterocycles. The number of primary sulfonamides is 1. The fourth-order valence-corrected chi connectivity index (χ4v) is 5.01.